The molecule has 0 fully saturated rings. The summed E-state index contributed by atoms with van der Waals surface area (Å²) in [6.45, 7) is 12.9. The van der Waals surface area contributed by atoms with Crippen LogP contribution in [0.1, 0.15) is 68.1 Å². The van der Waals surface area contributed by atoms with E-state index in [0.717, 1.165) is 11.8 Å². The second-order valence-corrected chi connectivity index (χ2v) is 8.50. The number of hydrogen-bond donors (Lipinski definition) is 2. The standard InChI is InChI=1S/C15H19NO3.C9H8O4.C3H7Br.C3H7N/c1-4-9-16(10-5-2)14(17)12-7-6-8-13(11-12)15(18)19-3;1-13-9(12)7-4-2-3-6(5-7)8(10)11;2*1-2-3-4/h4,6-8,11H,1,5,9-10H2,2-3H3;2-5H,1H3,(H,10,11);2-3H2,1H3;2H,1,3-4H2. The van der Waals surface area contributed by atoms with E-state index in [0.29, 0.717) is 30.8 Å². The van der Waals surface area contributed by atoms with Crippen LogP contribution in [0.2, 0.25) is 0 Å². The lowest BCUT2D eigenvalue weighted by molar-refractivity contribution is 0.0591. The number of aromatic carboxylic acids is 1. The van der Waals surface area contributed by atoms with Gasteiger partial charge in [-0.3, -0.25) is 4.79 Å². The van der Waals surface area contributed by atoms with E-state index in [1.807, 2.05) is 6.92 Å². The Morgan fingerprint density at radius 1 is 0.875 bits per heavy atom. The molecule has 0 aliphatic heterocycles. The van der Waals surface area contributed by atoms with E-state index in [4.69, 9.17) is 10.8 Å². The summed E-state index contributed by atoms with van der Waals surface area (Å²) in [5, 5.41) is 9.74. The number of esters is 2. The number of carboxylic acid groups (broad SMARTS) is 1. The number of hydrogen-bond acceptors (Lipinski definition) is 7. The zero-order valence-corrected chi connectivity index (χ0v) is 25.3. The summed E-state index contributed by atoms with van der Waals surface area (Å²) in [7, 11) is 2.56. The first-order valence-electron chi connectivity index (χ1n) is 12.5. The molecule has 220 valence electrons. The van der Waals surface area contributed by atoms with E-state index in [-0.39, 0.29) is 17.0 Å². The van der Waals surface area contributed by atoms with Crippen molar-refractivity contribution >= 4 is 39.7 Å². The third-order valence-electron chi connectivity index (χ3n) is 4.55. The van der Waals surface area contributed by atoms with Crippen molar-refractivity contribution < 1.29 is 33.8 Å². The van der Waals surface area contributed by atoms with Gasteiger partial charge in [0.15, 0.2) is 0 Å². The van der Waals surface area contributed by atoms with Gasteiger partial charge in [0, 0.05) is 30.5 Å². The molecule has 3 N–H and O–H groups in total. The predicted molar refractivity (Wildman–Crippen MR) is 162 cm³/mol. The molecule has 2 rings (SSSR count). The van der Waals surface area contributed by atoms with E-state index in [9.17, 15) is 19.2 Å². The molecule has 0 aliphatic rings. The van der Waals surface area contributed by atoms with Crippen molar-refractivity contribution in [3.05, 3.63) is 96.1 Å². The maximum Gasteiger partial charge on any atom is 0.337 e. The highest BCUT2D eigenvalue weighted by molar-refractivity contribution is 9.09. The lowest BCUT2D eigenvalue weighted by Gasteiger charge is -2.20. The van der Waals surface area contributed by atoms with E-state index in [1.54, 1.807) is 41.3 Å². The van der Waals surface area contributed by atoms with Crippen molar-refractivity contribution in [1.29, 1.82) is 0 Å². The van der Waals surface area contributed by atoms with Crippen LogP contribution in [0, 0.1) is 0 Å². The zero-order valence-electron chi connectivity index (χ0n) is 23.7. The maximum absolute atomic E-state index is 12.3. The van der Waals surface area contributed by atoms with Crippen molar-refractivity contribution in [3.8, 4) is 0 Å². The fourth-order valence-corrected chi connectivity index (χ4v) is 2.68. The highest BCUT2D eigenvalue weighted by Crippen LogP contribution is 2.10. The highest BCUT2D eigenvalue weighted by Gasteiger charge is 2.15. The third kappa shape index (κ3) is 16.3. The highest BCUT2D eigenvalue weighted by atomic mass is 79.9. The van der Waals surface area contributed by atoms with Crippen LogP contribution in [0.25, 0.3) is 0 Å². The Balaban J connectivity index is 0. The van der Waals surface area contributed by atoms with Crippen molar-refractivity contribution in [2.75, 3.05) is 39.2 Å². The van der Waals surface area contributed by atoms with E-state index in [1.165, 1.54) is 44.9 Å². The van der Waals surface area contributed by atoms with Gasteiger partial charge in [-0.15, -0.1) is 13.2 Å². The number of halogens is 1. The number of nitrogens with two attached hydrogens (primary N) is 1. The average molecular weight is 622 g/mol. The summed E-state index contributed by atoms with van der Waals surface area (Å²) in [4.78, 5) is 46.9. The van der Waals surface area contributed by atoms with E-state index in [2.05, 4.69) is 45.5 Å². The predicted octanol–water partition coefficient (Wildman–Crippen LogP) is 5.61. The Morgan fingerprint density at radius 2 is 1.30 bits per heavy atom. The molecule has 0 saturated carbocycles. The summed E-state index contributed by atoms with van der Waals surface area (Å²) >= 11 is 3.25. The van der Waals surface area contributed by atoms with Crippen LogP contribution < -0.4 is 5.73 Å². The Morgan fingerprint density at radius 3 is 1.65 bits per heavy atom. The second kappa shape index (κ2) is 24.3. The molecule has 2 aromatic rings. The smallest absolute Gasteiger partial charge is 0.337 e. The topological polar surface area (TPSA) is 136 Å². The van der Waals surface area contributed by atoms with Gasteiger partial charge in [-0.2, -0.15) is 0 Å². The van der Waals surface area contributed by atoms with Crippen molar-refractivity contribution in [2.24, 2.45) is 5.73 Å². The number of ether oxygens (including phenoxy) is 2. The van der Waals surface area contributed by atoms with E-state index >= 15 is 0 Å². The molecule has 2 aromatic carbocycles. The molecule has 0 atom stereocenters. The monoisotopic (exact) mass is 620 g/mol. The number of methoxy groups -OCH3 is 2. The number of nitrogens with zero attached hydrogens (tertiary/aromatic N) is 1. The zero-order chi connectivity index (χ0) is 30.9. The molecule has 10 heteroatoms. The fourth-order valence-electron chi connectivity index (χ4n) is 2.68. The third-order valence-corrected chi connectivity index (χ3v) is 5.34. The van der Waals surface area contributed by atoms with Crippen LogP contribution in [0.3, 0.4) is 0 Å². The van der Waals surface area contributed by atoms with Crippen molar-refractivity contribution in [2.45, 2.75) is 26.7 Å². The Kier molecular flexibility index (Phi) is 23.3. The minimum absolute atomic E-state index is 0.0721. The second-order valence-electron chi connectivity index (χ2n) is 7.70. The largest absolute Gasteiger partial charge is 0.478 e. The Bertz CT molecular complexity index is 1070. The maximum atomic E-state index is 12.3. The summed E-state index contributed by atoms with van der Waals surface area (Å²) in [6.07, 6.45) is 5.45. The Hall–Kier alpha value is -3.76. The summed E-state index contributed by atoms with van der Waals surface area (Å²) in [5.41, 5.74) is 6.08. The molecule has 0 unspecified atom stereocenters. The molecule has 0 spiro atoms. The van der Waals surface area contributed by atoms with Crippen LogP contribution in [-0.2, 0) is 9.47 Å². The minimum atomic E-state index is -1.06. The number of amides is 1. The normalized spacial score (nSPS) is 9.05. The van der Waals surface area contributed by atoms with Gasteiger partial charge in [-0.1, -0.05) is 54.1 Å². The lowest BCUT2D eigenvalue weighted by Crippen LogP contribution is -2.32. The SMILES string of the molecule is C=CCN.C=CCN(CCC)C(=O)c1cccc(C(=O)OC)c1.CCCBr.COC(=O)c1cccc(C(=O)O)c1. The fraction of sp³-hybridized carbons (Fsp3) is 0.333. The quantitative estimate of drug-likeness (QED) is 0.199. The minimum Gasteiger partial charge on any atom is -0.478 e. The van der Waals surface area contributed by atoms with Crippen LogP contribution in [-0.4, -0.2) is 73.0 Å². The summed E-state index contributed by atoms with van der Waals surface area (Å²) < 4.78 is 9.09. The molecule has 9 nitrogen and oxygen atoms in total. The van der Waals surface area contributed by atoms with Crippen LogP contribution in [0.15, 0.2) is 73.8 Å². The molecule has 0 radical (unpaired) electrons. The molecular weight excluding hydrogens is 580 g/mol. The molecule has 1 amide bonds. The van der Waals surface area contributed by atoms with Gasteiger partial charge in [0.1, 0.15) is 0 Å². The van der Waals surface area contributed by atoms with Crippen LogP contribution in [0.5, 0.6) is 0 Å². The number of carboxylic acids is 1. The van der Waals surface area contributed by atoms with Crippen molar-refractivity contribution in [1.82, 2.24) is 4.90 Å². The number of carbonyl (C=O) groups is 4. The van der Waals surface area contributed by atoms with Gasteiger partial charge in [-0.05, 0) is 49.2 Å². The molecule has 40 heavy (non-hydrogen) atoms. The van der Waals surface area contributed by atoms with Crippen molar-refractivity contribution in [3.63, 3.8) is 0 Å². The van der Waals surface area contributed by atoms with Gasteiger partial charge in [0.2, 0.25) is 0 Å². The number of rotatable bonds is 10. The number of benzene rings is 2. The first kappa shape index (κ1) is 38.4. The Labute approximate surface area is 245 Å². The summed E-state index contributed by atoms with van der Waals surface area (Å²) in [5.74, 6) is -2.15. The van der Waals surface area contributed by atoms with Gasteiger partial charge < -0.3 is 25.2 Å². The van der Waals surface area contributed by atoms with E-state index < -0.39 is 17.9 Å². The average Bonchev–Trinajstić information content (AvgIpc) is 3.00. The van der Waals surface area contributed by atoms with Crippen LogP contribution >= 0.6 is 15.9 Å². The molecule has 0 aromatic heterocycles. The van der Waals surface area contributed by atoms with Crippen LogP contribution in [0.4, 0.5) is 0 Å². The first-order valence-corrected chi connectivity index (χ1v) is 13.6. The summed E-state index contributed by atoms with van der Waals surface area (Å²) in [6, 6.07) is 12.2. The van der Waals surface area contributed by atoms with Gasteiger partial charge in [-0.25, -0.2) is 14.4 Å². The molecule has 0 bridgehead atoms. The van der Waals surface area contributed by atoms with Gasteiger partial charge >= 0.3 is 17.9 Å². The molecule has 0 heterocycles. The molecular formula is C30H41BrN2O7. The van der Waals surface area contributed by atoms with Gasteiger partial charge in [0.05, 0.1) is 30.9 Å². The molecule has 0 aliphatic carbocycles. The molecule has 0 saturated heterocycles. The number of carbonyl (C=O) groups excluding carboxylic acids is 3. The van der Waals surface area contributed by atoms with Gasteiger partial charge in [0.25, 0.3) is 5.91 Å². The lowest BCUT2D eigenvalue weighted by atomic mass is 10.1. The number of alkyl halides is 1. The first-order chi connectivity index (χ1) is 19.1.